The van der Waals surface area contributed by atoms with E-state index in [1.165, 1.54) is 6.33 Å². The molecule has 0 spiro atoms. The molecule has 0 fully saturated rings. The van der Waals surface area contributed by atoms with Gasteiger partial charge in [-0.25, -0.2) is 15.0 Å². The minimum atomic E-state index is 0.0249. The average Bonchev–Trinajstić information content (AvgIpc) is 3.02. The Labute approximate surface area is 152 Å². The second-order valence-corrected chi connectivity index (χ2v) is 6.45. The van der Waals surface area contributed by atoms with E-state index < -0.39 is 0 Å². The third kappa shape index (κ3) is 4.44. The fraction of sp³-hybridized carbons (Fsp3) is 0.263. The van der Waals surface area contributed by atoms with Crippen molar-refractivity contribution >= 4 is 23.1 Å². The number of aryl methyl sites for hydroxylation is 1. The first-order chi connectivity index (χ1) is 12.5. The molecular weight excluding hydrogens is 328 g/mol. The second-order valence-electron chi connectivity index (χ2n) is 6.45. The zero-order valence-electron chi connectivity index (χ0n) is 15.1. The molecule has 0 bridgehead atoms. The minimum Gasteiger partial charge on any atom is -0.340 e. The number of amides is 1. The number of anilines is 3. The van der Waals surface area contributed by atoms with Crippen LogP contribution in [0.15, 0.2) is 49.1 Å². The molecule has 0 aliphatic rings. The van der Waals surface area contributed by atoms with Gasteiger partial charge in [-0.15, -0.1) is 0 Å². The zero-order valence-corrected chi connectivity index (χ0v) is 15.1. The van der Waals surface area contributed by atoms with Gasteiger partial charge in [0.25, 0.3) is 0 Å². The molecule has 1 aromatic carbocycles. The van der Waals surface area contributed by atoms with Crippen LogP contribution >= 0.6 is 0 Å². The van der Waals surface area contributed by atoms with Gasteiger partial charge in [-0.3, -0.25) is 9.36 Å². The van der Waals surface area contributed by atoms with Crippen LogP contribution < -0.4 is 10.6 Å². The largest absolute Gasteiger partial charge is 0.340 e. The van der Waals surface area contributed by atoms with Crippen LogP contribution in [0.4, 0.5) is 17.2 Å². The molecule has 3 aromatic rings. The standard InChI is InChI=1S/C19H22N6O/c1-13(2)10-19(26)24-16-6-4-15(5-7-16)23-17-11-18(22-12-21-17)25-9-8-20-14(25)3/h4-9,11-13H,10H2,1-3H3,(H,24,26)(H,21,22,23). The van der Waals surface area contributed by atoms with Crippen LogP contribution in [0.25, 0.3) is 5.82 Å². The highest BCUT2D eigenvalue weighted by atomic mass is 16.1. The van der Waals surface area contributed by atoms with Crippen LogP contribution in [0.3, 0.4) is 0 Å². The van der Waals surface area contributed by atoms with Crippen molar-refractivity contribution in [1.82, 2.24) is 19.5 Å². The van der Waals surface area contributed by atoms with E-state index in [2.05, 4.69) is 25.6 Å². The summed E-state index contributed by atoms with van der Waals surface area (Å²) in [7, 11) is 0. The lowest BCUT2D eigenvalue weighted by atomic mass is 10.1. The molecule has 7 heteroatoms. The number of hydrogen-bond donors (Lipinski definition) is 2. The molecule has 0 aliphatic heterocycles. The van der Waals surface area contributed by atoms with Crippen molar-refractivity contribution in [3.63, 3.8) is 0 Å². The average molecular weight is 350 g/mol. The molecule has 2 aromatic heterocycles. The number of aromatic nitrogens is 4. The summed E-state index contributed by atoms with van der Waals surface area (Å²) >= 11 is 0. The second kappa shape index (κ2) is 7.77. The van der Waals surface area contributed by atoms with E-state index in [0.29, 0.717) is 18.2 Å². The normalized spacial score (nSPS) is 10.8. The van der Waals surface area contributed by atoms with Gasteiger partial charge >= 0.3 is 0 Å². The molecule has 7 nitrogen and oxygen atoms in total. The molecule has 0 saturated heterocycles. The van der Waals surface area contributed by atoms with Crippen LogP contribution in [-0.4, -0.2) is 25.4 Å². The monoisotopic (exact) mass is 350 g/mol. The van der Waals surface area contributed by atoms with Crippen molar-refractivity contribution in [2.45, 2.75) is 27.2 Å². The Balaban J connectivity index is 1.68. The predicted molar refractivity (Wildman–Crippen MR) is 102 cm³/mol. The Morgan fingerprint density at radius 1 is 1.12 bits per heavy atom. The minimum absolute atomic E-state index is 0.0249. The number of imidazole rings is 1. The Morgan fingerprint density at radius 2 is 1.85 bits per heavy atom. The first-order valence-electron chi connectivity index (χ1n) is 8.50. The van der Waals surface area contributed by atoms with Crippen molar-refractivity contribution in [3.05, 3.63) is 54.9 Å². The van der Waals surface area contributed by atoms with Gasteiger partial charge in [0.05, 0.1) is 0 Å². The van der Waals surface area contributed by atoms with E-state index in [9.17, 15) is 4.79 Å². The molecule has 0 radical (unpaired) electrons. The summed E-state index contributed by atoms with van der Waals surface area (Å²) in [6.45, 7) is 5.96. The maximum Gasteiger partial charge on any atom is 0.224 e. The summed E-state index contributed by atoms with van der Waals surface area (Å²) in [5.74, 6) is 2.64. The molecule has 0 saturated carbocycles. The summed E-state index contributed by atoms with van der Waals surface area (Å²) in [6, 6.07) is 9.38. The summed E-state index contributed by atoms with van der Waals surface area (Å²) in [4.78, 5) is 24.6. The Bertz CT molecular complexity index is 885. The van der Waals surface area contributed by atoms with E-state index >= 15 is 0 Å². The van der Waals surface area contributed by atoms with Gasteiger partial charge in [0, 0.05) is 36.3 Å². The van der Waals surface area contributed by atoms with Crippen molar-refractivity contribution in [2.24, 2.45) is 5.92 Å². The fourth-order valence-electron chi connectivity index (χ4n) is 2.53. The van der Waals surface area contributed by atoms with Gasteiger partial charge in [-0.2, -0.15) is 0 Å². The maximum atomic E-state index is 11.8. The number of hydrogen-bond acceptors (Lipinski definition) is 5. The fourth-order valence-corrected chi connectivity index (χ4v) is 2.53. The van der Waals surface area contributed by atoms with Crippen molar-refractivity contribution < 1.29 is 4.79 Å². The van der Waals surface area contributed by atoms with Gasteiger partial charge in [-0.05, 0) is 37.1 Å². The highest BCUT2D eigenvalue weighted by Crippen LogP contribution is 2.19. The summed E-state index contributed by atoms with van der Waals surface area (Å²) in [6.07, 6.45) is 5.61. The predicted octanol–water partition coefficient (Wildman–Crippen LogP) is 3.70. The molecule has 0 unspecified atom stereocenters. The molecule has 0 aliphatic carbocycles. The third-order valence-corrected chi connectivity index (χ3v) is 3.76. The molecule has 3 rings (SSSR count). The summed E-state index contributed by atoms with van der Waals surface area (Å²) in [5.41, 5.74) is 1.65. The van der Waals surface area contributed by atoms with E-state index in [0.717, 1.165) is 23.0 Å². The number of nitrogens with one attached hydrogen (secondary N) is 2. The quantitative estimate of drug-likeness (QED) is 0.708. The van der Waals surface area contributed by atoms with Crippen molar-refractivity contribution in [3.8, 4) is 5.82 Å². The van der Waals surface area contributed by atoms with Crippen LogP contribution in [0.2, 0.25) is 0 Å². The number of rotatable bonds is 6. The highest BCUT2D eigenvalue weighted by molar-refractivity contribution is 5.91. The number of nitrogens with zero attached hydrogens (tertiary/aromatic N) is 4. The van der Waals surface area contributed by atoms with Crippen molar-refractivity contribution in [2.75, 3.05) is 10.6 Å². The molecule has 1 amide bonds. The number of carbonyl (C=O) groups excluding carboxylic acids is 1. The van der Waals surface area contributed by atoms with Gasteiger partial charge in [0.1, 0.15) is 23.8 Å². The van der Waals surface area contributed by atoms with Crippen LogP contribution in [0.5, 0.6) is 0 Å². The van der Waals surface area contributed by atoms with Crippen LogP contribution in [0.1, 0.15) is 26.1 Å². The number of carbonyl (C=O) groups is 1. The van der Waals surface area contributed by atoms with Gasteiger partial charge in [-0.1, -0.05) is 13.8 Å². The Hall–Kier alpha value is -3.22. The van der Waals surface area contributed by atoms with Gasteiger partial charge in [0.15, 0.2) is 0 Å². The lowest BCUT2D eigenvalue weighted by molar-refractivity contribution is -0.116. The van der Waals surface area contributed by atoms with E-state index in [1.807, 2.05) is 61.9 Å². The van der Waals surface area contributed by atoms with E-state index in [4.69, 9.17) is 0 Å². The van der Waals surface area contributed by atoms with Crippen LogP contribution in [-0.2, 0) is 4.79 Å². The molecule has 2 N–H and O–H groups in total. The van der Waals surface area contributed by atoms with E-state index in [-0.39, 0.29) is 5.91 Å². The number of benzene rings is 1. The molecule has 2 heterocycles. The van der Waals surface area contributed by atoms with Gasteiger partial charge < -0.3 is 10.6 Å². The lowest BCUT2D eigenvalue weighted by Gasteiger charge is -2.10. The lowest BCUT2D eigenvalue weighted by Crippen LogP contribution is -2.13. The first-order valence-corrected chi connectivity index (χ1v) is 8.50. The van der Waals surface area contributed by atoms with Crippen molar-refractivity contribution in [1.29, 1.82) is 0 Å². The van der Waals surface area contributed by atoms with Gasteiger partial charge in [0.2, 0.25) is 5.91 Å². The highest BCUT2D eigenvalue weighted by Gasteiger charge is 2.06. The maximum absolute atomic E-state index is 11.8. The summed E-state index contributed by atoms with van der Waals surface area (Å²) < 4.78 is 1.89. The smallest absolute Gasteiger partial charge is 0.224 e. The molecule has 0 atom stereocenters. The summed E-state index contributed by atoms with van der Waals surface area (Å²) in [5, 5.41) is 6.14. The zero-order chi connectivity index (χ0) is 18.5. The van der Waals surface area contributed by atoms with Crippen LogP contribution in [0, 0.1) is 12.8 Å². The molecule has 134 valence electrons. The first kappa shape index (κ1) is 17.6. The molecule has 26 heavy (non-hydrogen) atoms. The molecular formula is C19H22N6O. The Kier molecular flexibility index (Phi) is 5.26. The third-order valence-electron chi connectivity index (χ3n) is 3.76. The van der Waals surface area contributed by atoms with E-state index in [1.54, 1.807) is 6.20 Å². The Morgan fingerprint density at radius 3 is 2.50 bits per heavy atom. The SMILES string of the molecule is Cc1nccn1-c1cc(Nc2ccc(NC(=O)CC(C)C)cc2)ncn1. The topological polar surface area (TPSA) is 84.7 Å².